The van der Waals surface area contributed by atoms with Crippen LogP contribution in [0.25, 0.3) is 0 Å². The van der Waals surface area contributed by atoms with Gasteiger partial charge < -0.3 is 16.2 Å². The van der Waals surface area contributed by atoms with Gasteiger partial charge >= 0.3 is 0 Å². The zero-order chi connectivity index (χ0) is 14.8. The largest absolute Gasteiger partial charge is 0.384 e. The Morgan fingerprint density at radius 2 is 2.00 bits per heavy atom. The van der Waals surface area contributed by atoms with Crippen LogP contribution in [0.2, 0.25) is 0 Å². The van der Waals surface area contributed by atoms with Crippen LogP contribution in [0.1, 0.15) is 35.2 Å². The van der Waals surface area contributed by atoms with Crippen molar-refractivity contribution in [3.63, 3.8) is 0 Å². The van der Waals surface area contributed by atoms with E-state index in [-0.39, 0.29) is 18.4 Å². The Balaban J connectivity index is 2.53. The number of amides is 2. The van der Waals surface area contributed by atoms with E-state index < -0.39 is 0 Å². The summed E-state index contributed by atoms with van der Waals surface area (Å²) >= 11 is 0. The third kappa shape index (κ3) is 5.55. The van der Waals surface area contributed by atoms with E-state index in [0.29, 0.717) is 36.9 Å². The van der Waals surface area contributed by atoms with Gasteiger partial charge in [-0.2, -0.15) is 0 Å². The first-order valence-electron chi connectivity index (χ1n) is 6.40. The number of carbonyl (C=O) groups is 2. The molecule has 20 heavy (non-hydrogen) atoms. The minimum Gasteiger partial charge on any atom is -0.384 e. The second-order valence-corrected chi connectivity index (χ2v) is 4.18. The zero-order valence-corrected chi connectivity index (χ0v) is 11.2. The molecule has 0 aliphatic carbocycles. The number of carbonyl (C=O) groups excluding carboxylic acids is 2. The van der Waals surface area contributed by atoms with Gasteiger partial charge in [0.15, 0.2) is 0 Å². The Bertz CT molecular complexity index is 529. The van der Waals surface area contributed by atoms with Crippen molar-refractivity contribution in [2.75, 3.05) is 13.2 Å². The Morgan fingerprint density at radius 1 is 1.25 bits per heavy atom. The summed E-state index contributed by atoms with van der Waals surface area (Å²) in [5, 5.41) is 11.5. The minimum atomic E-state index is -0.332. The quantitative estimate of drug-likeness (QED) is 0.518. The molecule has 0 saturated heterocycles. The van der Waals surface area contributed by atoms with Crippen LogP contribution in [0.15, 0.2) is 24.3 Å². The minimum absolute atomic E-state index is 0.216. The van der Waals surface area contributed by atoms with E-state index in [2.05, 4.69) is 17.2 Å². The molecule has 4 N–H and O–H groups in total. The molecule has 0 fully saturated rings. The normalized spacial score (nSPS) is 9.45. The molecular weight excluding hydrogens is 256 g/mol. The van der Waals surface area contributed by atoms with Crippen molar-refractivity contribution in [1.29, 1.82) is 0 Å². The molecule has 0 unspecified atom stereocenters. The number of rotatable bonds is 6. The molecular formula is C15H18N2O3. The van der Waals surface area contributed by atoms with E-state index in [4.69, 9.17) is 10.8 Å². The highest BCUT2D eigenvalue weighted by Gasteiger charge is 2.08. The topological polar surface area (TPSA) is 92.4 Å². The van der Waals surface area contributed by atoms with Crippen molar-refractivity contribution >= 4 is 11.8 Å². The van der Waals surface area contributed by atoms with Crippen LogP contribution in [-0.4, -0.2) is 30.1 Å². The van der Waals surface area contributed by atoms with Crippen molar-refractivity contribution in [2.45, 2.75) is 19.3 Å². The second-order valence-electron chi connectivity index (χ2n) is 4.18. The summed E-state index contributed by atoms with van der Waals surface area (Å²) in [4.78, 5) is 22.6. The lowest BCUT2D eigenvalue weighted by atomic mass is 10.1. The summed E-state index contributed by atoms with van der Waals surface area (Å²) in [6.45, 7) is 0.233. The Labute approximate surface area is 118 Å². The van der Waals surface area contributed by atoms with E-state index in [0.717, 1.165) is 0 Å². The van der Waals surface area contributed by atoms with Gasteiger partial charge in [-0.25, -0.2) is 0 Å². The average Bonchev–Trinajstić information content (AvgIpc) is 2.44. The fourth-order valence-electron chi connectivity index (χ4n) is 1.65. The Morgan fingerprint density at radius 3 is 2.70 bits per heavy atom. The van der Waals surface area contributed by atoms with Gasteiger partial charge in [-0.15, -0.1) is 0 Å². The van der Waals surface area contributed by atoms with Gasteiger partial charge in [0.1, 0.15) is 6.61 Å². The van der Waals surface area contributed by atoms with Crippen molar-refractivity contribution in [3.05, 3.63) is 35.4 Å². The molecule has 1 aromatic carbocycles. The molecule has 2 amide bonds. The molecule has 0 atom stereocenters. The van der Waals surface area contributed by atoms with Crippen molar-refractivity contribution < 1.29 is 14.7 Å². The number of hydrogen-bond donors (Lipinski definition) is 3. The highest BCUT2D eigenvalue weighted by Crippen LogP contribution is 2.07. The van der Waals surface area contributed by atoms with Crippen LogP contribution in [0.3, 0.4) is 0 Å². The fourth-order valence-corrected chi connectivity index (χ4v) is 1.65. The summed E-state index contributed by atoms with van der Waals surface area (Å²) in [5.74, 6) is 4.71. The number of nitrogens with two attached hydrogens (primary N) is 1. The summed E-state index contributed by atoms with van der Waals surface area (Å²) in [5.41, 5.74) is 6.09. The lowest BCUT2D eigenvalue weighted by Crippen LogP contribution is -2.25. The molecule has 0 bridgehead atoms. The average molecular weight is 274 g/mol. The molecule has 0 radical (unpaired) electrons. The molecule has 0 spiro atoms. The van der Waals surface area contributed by atoms with Crippen LogP contribution < -0.4 is 11.1 Å². The second kappa shape index (κ2) is 8.73. The standard InChI is InChI=1S/C15H18N2O3/c16-14(19)9-3-4-10-17-15(20)13-8-2-1-6-12(13)7-5-11-18/h1-2,6,8,18H,3-4,9-11H2,(H2,16,19)(H,17,20). The van der Waals surface area contributed by atoms with Crippen LogP contribution in [0.5, 0.6) is 0 Å². The zero-order valence-electron chi connectivity index (χ0n) is 11.2. The predicted molar refractivity (Wildman–Crippen MR) is 75.8 cm³/mol. The molecule has 0 aliphatic heterocycles. The van der Waals surface area contributed by atoms with Gasteiger partial charge in [0.25, 0.3) is 5.91 Å². The predicted octanol–water partition coefficient (Wildman–Crippen LogP) is 0.416. The number of benzene rings is 1. The number of aliphatic hydroxyl groups is 1. The number of nitrogens with one attached hydrogen (secondary N) is 1. The van der Waals surface area contributed by atoms with Crippen LogP contribution in [0.4, 0.5) is 0 Å². The molecule has 0 saturated carbocycles. The molecule has 5 nitrogen and oxygen atoms in total. The lowest BCUT2D eigenvalue weighted by Gasteiger charge is -2.06. The highest BCUT2D eigenvalue weighted by molar-refractivity contribution is 5.96. The first kappa shape index (κ1) is 15.7. The summed E-state index contributed by atoms with van der Waals surface area (Å²) in [7, 11) is 0. The van der Waals surface area contributed by atoms with Gasteiger partial charge in [0.05, 0.1) is 5.56 Å². The van der Waals surface area contributed by atoms with E-state index in [9.17, 15) is 9.59 Å². The van der Waals surface area contributed by atoms with E-state index in [1.165, 1.54) is 0 Å². The lowest BCUT2D eigenvalue weighted by molar-refractivity contribution is -0.118. The SMILES string of the molecule is NC(=O)CCCCNC(=O)c1ccccc1C#CCO. The molecule has 1 rings (SSSR count). The highest BCUT2D eigenvalue weighted by atomic mass is 16.2. The number of primary amides is 1. The number of aliphatic hydroxyl groups excluding tert-OH is 1. The molecule has 1 aromatic rings. The van der Waals surface area contributed by atoms with Crippen molar-refractivity contribution in [1.82, 2.24) is 5.32 Å². The monoisotopic (exact) mass is 274 g/mol. The van der Waals surface area contributed by atoms with Gasteiger partial charge in [-0.1, -0.05) is 24.0 Å². The third-order valence-corrected chi connectivity index (χ3v) is 2.61. The van der Waals surface area contributed by atoms with Crippen LogP contribution >= 0.6 is 0 Å². The molecule has 0 aliphatic rings. The number of unbranched alkanes of at least 4 members (excludes halogenated alkanes) is 1. The fraction of sp³-hybridized carbons (Fsp3) is 0.333. The Kier molecular flexibility index (Phi) is 6.87. The first-order valence-corrected chi connectivity index (χ1v) is 6.40. The molecule has 0 aromatic heterocycles. The summed E-state index contributed by atoms with van der Waals surface area (Å²) < 4.78 is 0. The van der Waals surface area contributed by atoms with Crippen LogP contribution in [0, 0.1) is 11.8 Å². The van der Waals surface area contributed by atoms with E-state index >= 15 is 0 Å². The van der Waals surface area contributed by atoms with E-state index in [1.54, 1.807) is 24.3 Å². The van der Waals surface area contributed by atoms with Gasteiger partial charge in [-0.05, 0) is 25.0 Å². The van der Waals surface area contributed by atoms with Gasteiger partial charge in [0, 0.05) is 18.5 Å². The third-order valence-electron chi connectivity index (χ3n) is 2.61. The summed E-state index contributed by atoms with van der Waals surface area (Å²) in [6, 6.07) is 6.95. The van der Waals surface area contributed by atoms with Gasteiger partial charge in [-0.3, -0.25) is 9.59 Å². The molecule has 5 heteroatoms. The van der Waals surface area contributed by atoms with E-state index in [1.807, 2.05) is 0 Å². The first-order chi connectivity index (χ1) is 9.65. The smallest absolute Gasteiger partial charge is 0.252 e. The van der Waals surface area contributed by atoms with Crippen molar-refractivity contribution in [3.8, 4) is 11.8 Å². The maximum Gasteiger partial charge on any atom is 0.252 e. The van der Waals surface area contributed by atoms with Crippen LogP contribution in [-0.2, 0) is 4.79 Å². The van der Waals surface area contributed by atoms with Gasteiger partial charge in [0.2, 0.25) is 5.91 Å². The van der Waals surface area contributed by atoms with Crippen molar-refractivity contribution in [2.24, 2.45) is 5.73 Å². The molecule has 106 valence electrons. The maximum absolute atomic E-state index is 12.0. The summed E-state index contributed by atoms with van der Waals surface area (Å²) in [6.07, 6.45) is 1.68. The Hall–Kier alpha value is -2.32. The molecule has 0 heterocycles. The number of hydrogen-bond acceptors (Lipinski definition) is 3. The maximum atomic E-state index is 12.0.